The molecule has 0 heterocycles. The van der Waals surface area contributed by atoms with Crippen LogP contribution in [-0.4, -0.2) is 6.04 Å². The van der Waals surface area contributed by atoms with Crippen molar-refractivity contribution in [3.05, 3.63) is 322 Å². The standard InChI is InChI=1S/C74H56N4/c1-9-25-59(26-10-1)75(60-27-11-2-12-28-60)67-47-41-55(42-48-67)57-45-51-69-71(53-57)73(77(63-33-17-5-18-34-63)64-35-19-6-20-36-64)70-52-46-58(54-72(70)74(69)78(65-37-21-7-22-38-65)66-39-23-8-24-40-66)56-43-49-68(50-44-56)76(61-29-13-3-14-30-61)62-31-15-4-16-32-62/h1-39,41-54,66H,40H2. The molecule has 0 saturated heterocycles. The van der Waals surface area contributed by atoms with Crippen LogP contribution in [0.3, 0.4) is 0 Å². The minimum Gasteiger partial charge on any atom is -0.333 e. The van der Waals surface area contributed by atoms with E-state index >= 15 is 0 Å². The molecule has 13 rings (SSSR count). The van der Waals surface area contributed by atoms with Crippen LogP contribution in [0.2, 0.25) is 0 Å². The van der Waals surface area contributed by atoms with E-state index in [1.807, 2.05) is 0 Å². The zero-order valence-electron chi connectivity index (χ0n) is 43.2. The summed E-state index contributed by atoms with van der Waals surface area (Å²) in [5.41, 5.74) is 16.8. The minimum atomic E-state index is 0.0586. The molecule has 0 aromatic heterocycles. The Balaban J connectivity index is 1.05. The summed E-state index contributed by atoms with van der Waals surface area (Å²) in [4.78, 5) is 9.69. The van der Waals surface area contributed by atoms with Gasteiger partial charge in [0.15, 0.2) is 0 Å². The SMILES string of the molecule is C1=CCC(N(c2ccccc2)c2c3ccc(-c4ccc(N(c5ccccc5)c5ccccc5)cc4)cc3c(N(c3ccccc3)c3ccccc3)c3ccc(-c4ccc(N(c5ccccc5)c5ccccc5)cc4)cc23)C=C1. The van der Waals surface area contributed by atoms with Crippen LogP contribution in [0.5, 0.6) is 0 Å². The fourth-order valence-electron chi connectivity index (χ4n) is 11.2. The lowest BCUT2D eigenvalue weighted by atomic mass is 9.90. The smallest absolute Gasteiger partial charge is 0.0620 e. The van der Waals surface area contributed by atoms with Gasteiger partial charge in [-0.3, -0.25) is 0 Å². The maximum absolute atomic E-state index is 2.59. The Bertz CT molecular complexity index is 3900. The van der Waals surface area contributed by atoms with Crippen LogP contribution in [0.4, 0.5) is 62.6 Å². The van der Waals surface area contributed by atoms with E-state index in [-0.39, 0.29) is 6.04 Å². The lowest BCUT2D eigenvalue weighted by Crippen LogP contribution is -2.30. The first-order valence-corrected chi connectivity index (χ1v) is 26.9. The van der Waals surface area contributed by atoms with Gasteiger partial charge in [-0.2, -0.15) is 0 Å². The number of hydrogen-bond donors (Lipinski definition) is 0. The molecule has 4 nitrogen and oxygen atoms in total. The molecule has 1 aliphatic rings. The molecule has 0 amide bonds. The molecule has 1 aliphatic carbocycles. The van der Waals surface area contributed by atoms with E-state index in [0.29, 0.717) is 0 Å². The summed E-state index contributed by atoms with van der Waals surface area (Å²) in [7, 11) is 0. The predicted molar refractivity (Wildman–Crippen MR) is 332 cm³/mol. The van der Waals surface area contributed by atoms with E-state index in [1.165, 1.54) is 5.69 Å². The number of para-hydroxylation sites is 7. The van der Waals surface area contributed by atoms with E-state index in [9.17, 15) is 0 Å². The largest absolute Gasteiger partial charge is 0.333 e. The van der Waals surface area contributed by atoms with Crippen molar-refractivity contribution in [3.63, 3.8) is 0 Å². The number of hydrogen-bond acceptors (Lipinski definition) is 4. The first-order valence-electron chi connectivity index (χ1n) is 26.9. The van der Waals surface area contributed by atoms with E-state index in [0.717, 1.165) is 107 Å². The van der Waals surface area contributed by atoms with Gasteiger partial charge in [0, 0.05) is 72.7 Å². The highest BCUT2D eigenvalue weighted by atomic mass is 15.2. The van der Waals surface area contributed by atoms with Gasteiger partial charge in [0.1, 0.15) is 0 Å². The topological polar surface area (TPSA) is 13.0 Å². The molecule has 0 spiro atoms. The molecular weight excluding hydrogens is 945 g/mol. The molecule has 0 N–H and O–H groups in total. The van der Waals surface area contributed by atoms with Crippen LogP contribution in [0.1, 0.15) is 6.42 Å². The average molecular weight is 1000 g/mol. The van der Waals surface area contributed by atoms with Crippen molar-refractivity contribution >= 4 is 84.1 Å². The van der Waals surface area contributed by atoms with Gasteiger partial charge in [-0.25, -0.2) is 0 Å². The third kappa shape index (κ3) is 9.37. The molecule has 1 atom stereocenters. The third-order valence-corrected chi connectivity index (χ3v) is 14.9. The highest BCUT2D eigenvalue weighted by Gasteiger charge is 2.29. The van der Waals surface area contributed by atoms with E-state index < -0.39 is 0 Å². The zero-order chi connectivity index (χ0) is 52.0. The van der Waals surface area contributed by atoms with Crippen LogP contribution >= 0.6 is 0 Å². The Morgan fingerprint density at radius 1 is 0.244 bits per heavy atom. The monoisotopic (exact) mass is 1000 g/mol. The summed E-state index contributed by atoms with van der Waals surface area (Å²) in [5.74, 6) is 0. The van der Waals surface area contributed by atoms with E-state index in [4.69, 9.17) is 0 Å². The highest BCUT2D eigenvalue weighted by Crippen LogP contribution is 2.52. The summed E-state index contributed by atoms with van der Waals surface area (Å²) < 4.78 is 0. The second kappa shape index (κ2) is 21.6. The van der Waals surface area contributed by atoms with Gasteiger partial charge in [-0.1, -0.05) is 200 Å². The van der Waals surface area contributed by atoms with Gasteiger partial charge in [0.2, 0.25) is 0 Å². The third-order valence-electron chi connectivity index (χ3n) is 14.9. The molecule has 1 unspecified atom stereocenters. The number of fused-ring (bicyclic) bond motifs is 2. The predicted octanol–water partition coefficient (Wildman–Crippen LogP) is 20.8. The Kier molecular flexibility index (Phi) is 13.2. The maximum atomic E-state index is 2.59. The Morgan fingerprint density at radius 2 is 0.551 bits per heavy atom. The maximum Gasteiger partial charge on any atom is 0.0620 e. The summed E-state index contributed by atoms with van der Waals surface area (Å²) >= 11 is 0. The van der Waals surface area contributed by atoms with Gasteiger partial charge in [0.05, 0.1) is 17.4 Å². The first-order chi connectivity index (χ1) is 38.7. The van der Waals surface area contributed by atoms with Crippen molar-refractivity contribution < 1.29 is 0 Å². The summed E-state index contributed by atoms with van der Waals surface area (Å²) in [6.45, 7) is 0. The Morgan fingerprint density at radius 3 is 0.910 bits per heavy atom. The van der Waals surface area contributed by atoms with Crippen LogP contribution in [0.25, 0.3) is 43.8 Å². The van der Waals surface area contributed by atoms with Crippen LogP contribution in [-0.2, 0) is 0 Å². The Hall–Kier alpha value is -10.2. The molecule has 0 radical (unpaired) electrons. The quantitative estimate of drug-likeness (QED) is 0.0795. The molecule has 12 aromatic rings. The van der Waals surface area contributed by atoms with Crippen molar-refractivity contribution in [1.82, 2.24) is 0 Å². The minimum absolute atomic E-state index is 0.0586. The molecule has 4 heteroatoms. The number of anilines is 11. The number of allylic oxidation sites excluding steroid dienone is 2. The van der Waals surface area contributed by atoms with Crippen molar-refractivity contribution in [3.8, 4) is 22.3 Å². The lowest BCUT2D eigenvalue weighted by molar-refractivity contribution is 0.789. The zero-order valence-corrected chi connectivity index (χ0v) is 43.2. The molecule has 0 bridgehead atoms. The van der Waals surface area contributed by atoms with Crippen LogP contribution in [0.15, 0.2) is 322 Å². The van der Waals surface area contributed by atoms with Crippen LogP contribution < -0.4 is 19.6 Å². The molecule has 0 saturated carbocycles. The van der Waals surface area contributed by atoms with Crippen molar-refractivity contribution in [1.29, 1.82) is 0 Å². The second-order valence-corrected chi connectivity index (χ2v) is 19.7. The molecule has 0 fully saturated rings. The Labute approximate surface area is 457 Å². The van der Waals surface area contributed by atoms with Gasteiger partial charge < -0.3 is 19.6 Å². The number of benzene rings is 12. The molecule has 0 aliphatic heterocycles. The number of rotatable bonds is 14. The average Bonchev–Trinajstić information content (AvgIpc) is 3.64. The fourth-order valence-corrected chi connectivity index (χ4v) is 11.2. The molecule has 78 heavy (non-hydrogen) atoms. The van der Waals surface area contributed by atoms with Gasteiger partial charge in [-0.05, 0) is 150 Å². The van der Waals surface area contributed by atoms with Crippen molar-refractivity contribution in [2.75, 3.05) is 19.6 Å². The normalized spacial score (nSPS) is 12.8. The number of nitrogens with zero attached hydrogens (tertiary/aromatic N) is 4. The lowest BCUT2D eigenvalue weighted by Gasteiger charge is -2.36. The highest BCUT2D eigenvalue weighted by molar-refractivity contribution is 6.23. The van der Waals surface area contributed by atoms with Crippen LogP contribution in [0, 0.1) is 0 Å². The van der Waals surface area contributed by atoms with Crippen molar-refractivity contribution in [2.24, 2.45) is 0 Å². The van der Waals surface area contributed by atoms with Crippen molar-refractivity contribution in [2.45, 2.75) is 12.5 Å². The summed E-state index contributed by atoms with van der Waals surface area (Å²) in [5, 5.41) is 4.62. The van der Waals surface area contributed by atoms with E-state index in [1.54, 1.807) is 0 Å². The first kappa shape index (κ1) is 47.5. The summed E-state index contributed by atoms with van der Waals surface area (Å²) in [6, 6.07) is 108. The summed E-state index contributed by atoms with van der Waals surface area (Å²) in [6.07, 6.45) is 9.90. The van der Waals surface area contributed by atoms with Gasteiger partial charge in [0.25, 0.3) is 0 Å². The van der Waals surface area contributed by atoms with Gasteiger partial charge >= 0.3 is 0 Å². The second-order valence-electron chi connectivity index (χ2n) is 19.7. The molecular formula is C74H56N4. The van der Waals surface area contributed by atoms with E-state index in [2.05, 4.69) is 341 Å². The van der Waals surface area contributed by atoms with Gasteiger partial charge in [-0.15, -0.1) is 0 Å². The molecule has 372 valence electrons. The fraction of sp³-hybridized carbons (Fsp3) is 0.0270. The molecule has 12 aromatic carbocycles.